The summed E-state index contributed by atoms with van der Waals surface area (Å²) in [4.78, 5) is 37.6. The fourth-order valence-electron chi connectivity index (χ4n) is 4.05. The number of rotatable bonds is 8. The number of hydrogen-bond acceptors (Lipinski definition) is 4. The minimum atomic E-state index is -5.16. The molecule has 7 nitrogen and oxygen atoms in total. The van der Waals surface area contributed by atoms with Gasteiger partial charge in [0, 0.05) is 11.6 Å². The third-order valence-corrected chi connectivity index (χ3v) is 7.65. The van der Waals surface area contributed by atoms with E-state index in [1.54, 1.807) is 5.32 Å². The third kappa shape index (κ3) is 7.47. The Hall–Kier alpha value is -3.23. The summed E-state index contributed by atoms with van der Waals surface area (Å²) in [6, 6.07) is 8.90. The Bertz CT molecular complexity index is 1620. The molecule has 3 N–H and O–H groups in total. The Morgan fingerprint density at radius 1 is 0.860 bits per heavy atom. The van der Waals surface area contributed by atoms with E-state index in [-0.39, 0.29) is 21.3 Å². The summed E-state index contributed by atoms with van der Waals surface area (Å²) in [6.45, 7) is -1.58. The lowest BCUT2D eigenvalue weighted by Gasteiger charge is -2.14. The van der Waals surface area contributed by atoms with Gasteiger partial charge in [-0.15, -0.1) is 36.4 Å². The normalized spacial score (nSPS) is 17.3. The maximum atomic E-state index is 14.9. The van der Waals surface area contributed by atoms with E-state index >= 15 is 0 Å². The van der Waals surface area contributed by atoms with Gasteiger partial charge in [0.15, 0.2) is 5.82 Å². The average molecular weight is 689 g/mol. The lowest BCUT2D eigenvalue weighted by atomic mass is 10.1. The van der Waals surface area contributed by atoms with Gasteiger partial charge in [0.2, 0.25) is 5.91 Å². The fourth-order valence-corrected chi connectivity index (χ4v) is 5.27. The summed E-state index contributed by atoms with van der Waals surface area (Å²) in [7, 11) is 0. The van der Waals surface area contributed by atoms with Crippen molar-refractivity contribution in [2.45, 2.75) is 16.6 Å². The van der Waals surface area contributed by atoms with Gasteiger partial charge in [-0.2, -0.15) is 0 Å². The van der Waals surface area contributed by atoms with Crippen molar-refractivity contribution in [2.24, 2.45) is 5.92 Å². The van der Waals surface area contributed by atoms with Gasteiger partial charge < -0.3 is 16.0 Å². The zero-order valence-electron chi connectivity index (χ0n) is 20.9. The highest BCUT2D eigenvalue weighted by molar-refractivity contribution is 6.53. The first-order valence-electron chi connectivity index (χ1n) is 11.7. The number of alkyl halides is 5. The molecule has 4 rings (SSSR count). The van der Waals surface area contributed by atoms with E-state index in [1.807, 2.05) is 0 Å². The first-order chi connectivity index (χ1) is 20.0. The molecule has 43 heavy (non-hydrogen) atoms. The van der Waals surface area contributed by atoms with Gasteiger partial charge in [0.25, 0.3) is 11.8 Å². The van der Waals surface area contributed by atoms with Gasteiger partial charge in [-0.1, -0.05) is 29.3 Å². The molecule has 3 amide bonds. The Kier molecular flexibility index (Phi) is 9.43. The second-order valence-electron chi connectivity index (χ2n) is 9.01. The lowest BCUT2D eigenvalue weighted by molar-refractivity contribution is -0.320. The maximum Gasteiger partial charge on any atom is 0.523 e. The topological polar surface area (TPSA) is 96.5 Å². The van der Waals surface area contributed by atoms with Crippen LogP contribution in [0.15, 0.2) is 48.5 Å². The second kappa shape index (κ2) is 12.4. The van der Waals surface area contributed by atoms with Crippen molar-refractivity contribution in [3.8, 4) is 0 Å². The van der Waals surface area contributed by atoms with Crippen LogP contribution in [0.2, 0.25) is 10.0 Å². The van der Waals surface area contributed by atoms with Crippen LogP contribution in [0.25, 0.3) is 0 Å². The molecule has 1 aliphatic carbocycles. The zero-order valence-corrected chi connectivity index (χ0v) is 23.9. The molecule has 1 saturated carbocycles. The molecule has 0 heterocycles. The van der Waals surface area contributed by atoms with E-state index in [4.69, 9.17) is 46.4 Å². The predicted octanol–water partition coefficient (Wildman–Crippen LogP) is 7.66. The number of hydrogen-bond donors (Lipinski definition) is 3. The van der Waals surface area contributed by atoms with Gasteiger partial charge in [0.05, 0.1) is 27.2 Å². The first kappa shape index (κ1) is 32.7. The van der Waals surface area contributed by atoms with Crippen LogP contribution < -0.4 is 16.0 Å². The molecule has 0 spiro atoms. The van der Waals surface area contributed by atoms with Crippen molar-refractivity contribution in [1.29, 1.82) is 0 Å². The van der Waals surface area contributed by atoms with E-state index in [0.717, 1.165) is 18.2 Å². The summed E-state index contributed by atoms with van der Waals surface area (Å²) < 4.78 is 80.8. The SMILES string of the molecule is O=C(COC(F)(F)F)Nc1c(F)ccc(NC(=O)c2cc(NC(=O)[C@H]3[C@H](c4ccc(F)c(Cl)c4)C3(Cl)Cl)ccc2Cl)c1F. The van der Waals surface area contributed by atoms with Crippen LogP contribution in [-0.4, -0.2) is 35.0 Å². The molecular weight excluding hydrogens is 674 g/mol. The van der Waals surface area contributed by atoms with E-state index in [9.17, 15) is 40.7 Å². The van der Waals surface area contributed by atoms with Crippen molar-refractivity contribution in [3.63, 3.8) is 0 Å². The number of benzene rings is 3. The van der Waals surface area contributed by atoms with E-state index in [0.29, 0.717) is 11.6 Å². The smallest absolute Gasteiger partial charge is 0.326 e. The van der Waals surface area contributed by atoms with Crippen LogP contribution >= 0.6 is 46.4 Å². The minimum absolute atomic E-state index is 0.0451. The van der Waals surface area contributed by atoms with Crippen molar-refractivity contribution < 1.29 is 45.5 Å². The lowest BCUT2D eigenvalue weighted by Crippen LogP contribution is -2.25. The van der Waals surface area contributed by atoms with Gasteiger partial charge in [0.1, 0.15) is 28.3 Å². The van der Waals surface area contributed by atoms with Crippen molar-refractivity contribution >= 4 is 81.2 Å². The monoisotopic (exact) mass is 687 g/mol. The molecule has 1 fully saturated rings. The zero-order chi connectivity index (χ0) is 31.9. The highest BCUT2D eigenvalue weighted by Gasteiger charge is 2.67. The highest BCUT2D eigenvalue weighted by atomic mass is 35.5. The summed E-state index contributed by atoms with van der Waals surface area (Å²) >= 11 is 24.5. The molecule has 0 aliphatic heterocycles. The molecule has 0 bridgehead atoms. The number of halogens is 10. The Morgan fingerprint density at radius 2 is 1.53 bits per heavy atom. The molecule has 3 aromatic rings. The molecule has 3 aromatic carbocycles. The van der Waals surface area contributed by atoms with Gasteiger partial charge in [-0.25, -0.2) is 13.2 Å². The third-order valence-electron chi connectivity index (χ3n) is 6.09. The van der Waals surface area contributed by atoms with Gasteiger partial charge in [-0.05, 0) is 48.0 Å². The summed E-state index contributed by atoms with van der Waals surface area (Å²) in [6.07, 6.45) is -5.16. The molecule has 2 atom stereocenters. The number of anilines is 3. The van der Waals surface area contributed by atoms with Crippen molar-refractivity contribution in [1.82, 2.24) is 0 Å². The first-order valence-corrected chi connectivity index (χ1v) is 13.2. The number of amides is 3. The molecule has 0 unspecified atom stereocenters. The standard InChI is InChI=1S/C26H15Cl4F6N3O4/c27-13-3-2-11(37-24(42)20-19(25(20,29)30)10-1-4-15(31)14(28)7-10)8-12(13)23(41)38-17-6-5-16(32)22(21(17)33)39-18(40)9-43-26(34,35)36/h1-8,19-20H,9H2,(H,37,42)(H,38,41)(H,39,40)/t19-,20+/m0/s1. The van der Waals surface area contributed by atoms with E-state index in [2.05, 4.69) is 15.4 Å². The molecule has 0 radical (unpaired) electrons. The quantitative estimate of drug-likeness (QED) is 0.167. The fraction of sp³-hybridized carbons (Fsp3) is 0.192. The summed E-state index contributed by atoms with van der Waals surface area (Å²) in [5.41, 5.74) is -1.64. The molecule has 228 valence electrons. The average Bonchev–Trinajstić information content (AvgIpc) is 3.50. The second-order valence-corrected chi connectivity index (χ2v) is 11.3. The van der Waals surface area contributed by atoms with Crippen LogP contribution in [-0.2, 0) is 14.3 Å². The predicted molar refractivity (Wildman–Crippen MR) is 147 cm³/mol. The Labute approximate surface area is 258 Å². The van der Waals surface area contributed by atoms with Crippen LogP contribution in [0.5, 0.6) is 0 Å². The van der Waals surface area contributed by atoms with E-state index in [1.165, 1.54) is 24.3 Å². The molecule has 0 aromatic heterocycles. The van der Waals surface area contributed by atoms with Crippen LogP contribution in [0, 0.1) is 23.4 Å². The van der Waals surface area contributed by atoms with Gasteiger partial charge >= 0.3 is 6.36 Å². The number of ether oxygens (including phenoxy) is 1. The molecule has 1 aliphatic rings. The van der Waals surface area contributed by atoms with Crippen LogP contribution in [0.4, 0.5) is 43.4 Å². The van der Waals surface area contributed by atoms with Crippen LogP contribution in [0.3, 0.4) is 0 Å². The molecule has 0 saturated heterocycles. The van der Waals surface area contributed by atoms with Crippen molar-refractivity contribution in [3.05, 3.63) is 87.2 Å². The van der Waals surface area contributed by atoms with E-state index < -0.39 is 75.7 Å². The largest absolute Gasteiger partial charge is 0.523 e. The number of carbonyl (C=O) groups excluding carboxylic acids is 3. The highest BCUT2D eigenvalue weighted by Crippen LogP contribution is 2.65. The van der Waals surface area contributed by atoms with Crippen LogP contribution in [0.1, 0.15) is 21.8 Å². The Balaban J connectivity index is 1.48. The Morgan fingerprint density at radius 3 is 2.19 bits per heavy atom. The van der Waals surface area contributed by atoms with Crippen molar-refractivity contribution in [2.75, 3.05) is 22.6 Å². The minimum Gasteiger partial charge on any atom is -0.326 e. The molecule has 17 heteroatoms. The number of carbonyl (C=O) groups is 3. The van der Waals surface area contributed by atoms with Gasteiger partial charge in [-0.3, -0.25) is 19.1 Å². The molecular formula is C26H15Cl4F6N3O4. The summed E-state index contributed by atoms with van der Waals surface area (Å²) in [5.74, 6) is -8.50. The maximum absolute atomic E-state index is 14.9. The summed E-state index contributed by atoms with van der Waals surface area (Å²) in [5, 5.41) is 5.90. The number of nitrogens with one attached hydrogen (secondary N) is 3.